The topological polar surface area (TPSA) is 41.6 Å². The number of rotatable bonds is 3. The molecular weight excluding hydrogens is 228 g/mol. The van der Waals surface area contributed by atoms with E-state index in [-0.39, 0.29) is 11.9 Å². The third kappa shape index (κ3) is 1.82. The van der Waals surface area contributed by atoms with Crippen molar-refractivity contribution in [2.45, 2.75) is 25.8 Å². The molecule has 1 atom stereocenters. The van der Waals surface area contributed by atoms with Crippen LogP contribution in [0, 0.1) is 0 Å². The van der Waals surface area contributed by atoms with Gasteiger partial charge in [-0.2, -0.15) is 0 Å². The van der Waals surface area contributed by atoms with E-state index in [2.05, 4.69) is 17.1 Å². The first-order valence-corrected chi connectivity index (χ1v) is 6.27. The van der Waals surface area contributed by atoms with Crippen molar-refractivity contribution in [2.24, 2.45) is 0 Å². The molecule has 0 spiro atoms. The second-order valence-electron chi connectivity index (χ2n) is 4.54. The highest BCUT2D eigenvalue weighted by atomic mass is 16.5. The fourth-order valence-electron chi connectivity index (χ4n) is 2.75. The lowest BCUT2D eigenvalue weighted by molar-refractivity contribution is -0.116. The minimum absolute atomic E-state index is 0.00159. The van der Waals surface area contributed by atoms with Gasteiger partial charge in [0.15, 0.2) is 0 Å². The van der Waals surface area contributed by atoms with Crippen LogP contribution in [0.1, 0.15) is 19.8 Å². The number of fused-ring (bicyclic) bond motifs is 1. The lowest BCUT2D eigenvalue weighted by Gasteiger charge is -2.27. The molecule has 2 rings (SSSR count). The standard InChI is InChI=1S/C14H20N2O2/c1-5-11-13(14(17)15-2)10-7-6-9(18-4)8-12(10)16(11)3/h6-7,12H,5,8H2,1-4H3,(H,15,17). The van der Waals surface area contributed by atoms with Gasteiger partial charge in [-0.25, -0.2) is 0 Å². The van der Waals surface area contributed by atoms with Crippen LogP contribution in [0.25, 0.3) is 0 Å². The third-order valence-corrected chi connectivity index (χ3v) is 3.72. The summed E-state index contributed by atoms with van der Waals surface area (Å²) in [5.74, 6) is 0.964. The van der Waals surface area contributed by atoms with E-state index in [0.29, 0.717) is 0 Å². The molecule has 1 unspecified atom stereocenters. The molecular formula is C14H20N2O2. The summed E-state index contributed by atoms with van der Waals surface area (Å²) in [6.07, 6.45) is 5.65. The molecule has 0 radical (unpaired) electrons. The first-order valence-electron chi connectivity index (χ1n) is 6.27. The second kappa shape index (κ2) is 4.88. The van der Waals surface area contributed by atoms with Gasteiger partial charge in [-0.3, -0.25) is 4.79 Å². The molecule has 0 saturated heterocycles. The van der Waals surface area contributed by atoms with Crippen LogP contribution in [0.3, 0.4) is 0 Å². The smallest absolute Gasteiger partial charge is 0.253 e. The first kappa shape index (κ1) is 12.7. The number of hydrogen-bond donors (Lipinski definition) is 1. The molecule has 4 nitrogen and oxygen atoms in total. The molecule has 18 heavy (non-hydrogen) atoms. The van der Waals surface area contributed by atoms with Crippen LogP contribution in [0.4, 0.5) is 0 Å². The molecule has 0 saturated carbocycles. The molecule has 1 aliphatic heterocycles. The average molecular weight is 248 g/mol. The quantitative estimate of drug-likeness (QED) is 0.824. The Bertz CT molecular complexity index is 460. The number of amides is 1. The summed E-state index contributed by atoms with van der Waals surface area (Å²) in [5, 5.41) is 2.73. The van der Waals surface area contributed by atoms with Crippen LogP contribution in [-0.2, 0) is 9.53 Å². The van der Waals surface area contributed by atoms with Gasteiger partial charge in [0, 0.05) is 26.2 Å². The van der Waals surface area contributed by atoms with Gasteiger partial charge in [-0.15, -0.1) is 0 Å². The van der Waals surface area contributed by atoms with Gasteiger partial charge in [0.05, 0.1) is 24.5 Å². The van der Waals surface area contributed by atoms with Gasteiger partial charge in [0.2, 0.25) is 0 Å². The summed E-state index contributed by atoms with van der Waals surface area (Å²) < 4.78 is 5.31. The SMILES string of the molecule is CCC1=C(C(=O)NC)C2=CC=C(OC)CC2N1C. The number of carbonyl (C=O) groups excluding carboxylic acids is 1. The Balaban J connectivity index is 2.45. The highest BCUT2D eigenvalue weighted by molar-refractivity contribution is 5.99. The van der Waals surface area contributed by atoms with Crippen molar-refractivity contribution in [3.63, 3.8) is 0 Å². The normalized spacial score (nSPS) is 22.4. The highest BCUT2D eigenvalue weighted by Crippen LogP contribution is 2.39. The van der Waals surface area contributed by atoms with Crippen LogP contribution >= 0.6 is 0 Å². The maximum Gasteiger partial charge on any atom is 0.253 e. The van der Waals surface area contributed by atoms with E-state index < -0.39 is 0 Å². The molecule has 1 aliphatic carbocycles. The molecule has 0 bridgehead atoms. The van der Waals surface area contributed by atoms with Gasteiger partial charge in [0.1, 0.15) is 0 Å². The maximum absolute atomic E-state index is 12.0. The molecule has 0 aromatic carbocycles. The summed E-state index contributed by atoms with van der Waals surface area (Å²) in [6.45, 7) is 2.08. The Kier molecular flexibility index (Phi) is 3.45. The summed E-state index contributed by atoms with van der Waals surface area (Å²) in [5.41, 5.74) is 3.05. The Hall–Kier alpha value is -1.71. The number of allylic oxidation sites excluding steroid dienone is 3. The van der Waals surface area contributed by atoms with E-state index in [0.717, 1.165) is 35.4 Å². The van der Waals surface area contributed by atoms with Crippen molar-refractivity contribution < 1.29 is 9.53 Å². The number of nitrogens with zero attached hydrogens (tertiary/aromatic N) is 1. The largest absolute Gasteiger partial charge is 0.501 e. The Labute approximate surface area is 108 Å². The number of likely N-dealkylation sites (N-methyl/N-ethyl adjacent to an activating group) is 2. The van der Waals surface area contributed by atoms with E-state index in [1.165, 1.54) is 0 Å². The van der Waals surface area contributed by atoms with Crippen LogP contribution in [0.5, 0.6) is 0 Å². The first-order chi connectivity index (χ1) is 8.63. The van der Waals surface area contributed by atoms with Crippen molar-refractivity contribution in [3.8, 4) is 0 Å². The minimum atomic E-state index is 0.00159. The summed E-state index contributed by atoms with van der Waals surface area (Å²) >= 11 is 0. The summed E-state index contributed by atoms with van der Waals surface area (Å²) in [4.78, 5) is 14.2. The van der Waals surface area contributed by atoms with Crippen LogP contribution < -0.4 is 5.32 Å². The van der Waals surface area contributed by atoms with Gasteiger partial charge < -0.3 is 15.0 Å². The second-order valence-corrected chi connectivity index (χ2v) is 4.54. The van der Waals surface area contributed by atoms with Gasteiger partial charge in [-0.1, -0.05) is 13.0 Å². The average Bonchev–Trinajstić information content (AvgIpc) is 2.70. The molecule has 1 N–H and O–H groups in total. The van der Waals surface area contributed by atoms with Gasteiger partial charge >= 0.3 is 0 Å². The molecule has 2 aliphatic rings. The number of methoxy groups -OCH3 is 1. The fourth-order valence-corrected chi connectivity index (χ4v) is 2.75. The molecule has 1 amide bonds. The molecule has 4 heteroatoms. The number of ether oxygens (including phenoxy) is 1. The highest BCUT2D eigenvalue weighted by Gasteiger charge is 2.37. The molecule has 98 valence electrons. The monoisotopic (exact) mass is 248 g/mol. The Morgan fingerprint density at radius 3 is 2.83 bits per heavy atom. The van der Waals surface area contributed by atoms with Crippen molar-refractivity contribution in [1.82, 2.24) is 10.2 Å². The third-order valence-electron chi connectivity index (χ3n) is 3.72. The van der Waals surface area contributed by atoms with Gasteiger partial charge in [0.25, 0.3) is 5.91 Å². The lowest BCUT2D eigenvalue weighted by Crippen LogP contribution is -2.29. The number of nitrogens with one attached hydrogen (secondary N) is 1. The van der Waals surface area contributed by atoms with Crippen LogP contribution in [-0.4, -0.2) is 38.1 Å². The lowest BCUT2D eigenvalue weighted by atomic mass is 9.93. The molecule has 0 fully saturated rings. The predicted molar refractivity (Wildman–Crippen MR) is 70.7 cm³/mol. The van der Waals surface area contributed by atoms with Crippen molar-refractivity contribution in [1.29, 1.82) is 0 Å². The summed E-state index contributed by atoms with van der Waals surface area (Å²) in [6, 6.07) is 0.229. The molecule has 0 aromatic heterocycles. The van der Waals surface area contributed by atoms with Crippen LogP contribution in [0.2, 0.25) is 0 Å². The predicted octanol–water partition coefficient (Wildman–Crippen LogP) is 1.57. The van der Waals surface area contributed by atoms with E-state index >= 15 is 0 Å². The molecule has 0 aromatic rings. The van der Waals surface area contributed by atoms with E-state index in [4.69, 9.17) is 4.74 Å². The zero-order valence-corrected chi connectivity index (χ0v) is 11.4. The minimum Gasteiger partial charge on any atom is -0.501 e. The van der Waals surface area contributed by atoms with Crippen LogP contribution in [0.15, 0.2) is 34.8 Å². The van der Waals surface area contributed by atoms with Gasteiger partial charge in [-0.05, 0) is 18.1 Å². The number of hydrogen-bond acceptors (Lipinski definition) is 3. The molecule has 1 heterocycles. The fraction of sp³-hybridized carbons (Fsp3) is 0.500. The zero-order valence-electron chi connectivity index (χ0n) is 11.4. The zero-order chi connectivity index (χ0) is 13.3. The van der Waals surface area contributed by atoms with E-state index in [1.807, 2.05) is 19.2 Å². The Morgan fingerprint density at radius 2 is 2.28 bits per heavy atom. The van der Waals surface area contributed by atoms with Crippen molar-refractivity contribution in [3.05, 3.63) is 34.8 Å². The maximum atomic E-state index is 12.0. The Morgan fingerprint density at radius 1 is 1.56 bits per heavy atom. The van der Waals surface area contributed by atoms with E-state index in [1.54, 1.807) is 14.2 Å². The number of carbonyl (C=O) groups is 1. The van der Waals surface area contributed by atoms with Crippen molar-refractivity contribution in [2.75, 3.05) is 21.2 Å². The summed E-state index contributed by atoms with van der Waals surface area (Å²) in [7, 11) is 5.41. The van der Waals surface area contributed by atoms with E-state index in [9.17, 15) is 4.79 Å². The van der Waals surface area contributed by atoms with Crippen molar-refractivity contribution >= 4 is 5.91 Å².